The quantitative estimate of drug-likeness (QED) is 0.374. The maximum Gasteiger partial charge on any atom is 0.489 e. The van der Waals surface area contributed by atoms with Gasteiger partial charge < -0.3 is 14.8 Å². The predicted molar refractivity (Wildman–Crippen MR) is 77.7 cm³/mol. The third-order valence-electron chi connectivity index (χ3n) is 2.94. The van der Waals surface area contributed by atoms with E-state index in [1.165, 1.54) is 19.2 Å². The summed E-state index contributed by atoms with van der Waals surface area (Å²) in [4.78, 5) is 10.7. The van der Waals surface area contributed by atoms with Gasteiger partial charge in [-0.15, -0.1) is 0 Å². The van der Waals surface area contributed by atoms with Crippen molar-refractivity contribution >= 4 is 24.0 Å². The molecule has 7 heteroatoms. The van der Waals surface area contributed by atoms with E-state index in [1.807, 2.05) is 0 Å². The minimum absolute atomic E-state index is 0.0832. The van der Waals surface area contributed by atoms with Crippen molar-refractivity contribution in [3.63, 3.8) is 0 Å². The molecule has 0 aliphatic carbocycles. The molecule has 1 rings (SSSR count). The number of rotatable bonds is 4. The van der Waals surface area contributed by atoms with Crippen LogP contribution < -0.4 is 5.46 Å². The molecule has 0 saturated heterocycles. The highest BCUT2D eigenvalue weighted by Crippen LogP contribution is 2.32. The van der Waals surface area contributed by atoms with Crippen LogP contribution in [0.2, 0.25) is 0 Å². The summed E-state index contributed by atoms with van der Waals surface area (Å²) >= 11 is 0. The number of nitro groups is 1. The predicted octanol–water partition coefficient (Wildman–Crippen LogP) is 1.19. The molecule has 0 atom stereocenters. The maximum absolute atomic E-state index is 11.3. The van der Waals surface area contributed by atoms with Crippen LogP contribution in [0.25, 0.3) is 5.76 Å². The Morgan fingerprint density at radius 3 is 2.30 bits per heavy atom. The lowest BCUT2D eigenvalue weighted by Crippen LogP contribution is -2.38. The molecule has 0 heterocycles. The van der Waals surface area contributed by atoms with Crippen molar-refractivity contribution in [1.82, 2.24) is 0 Å². The lowest BCUT2D eigenvalue weighted by molar-refractivity contribution is -0.385. The summed E-state index contributed by atoms with van der Waals surface area (Å²) in [7, 11) is -0.423. The fourth-order valence-electron chi connectivity index (χ4n) is 2.09. The fourth-order valence-corrected chi connectivity index (χ4v) is 2.09. The van der Waals surface area contributed by atoms with Gasteiger partial charge in [-0.25, -0.2) is 0 Å². The zero-order chi connectivity index (χ0) is 15.7. The van der Waals surface area contributed by atoms with E-state index >= 15 is 0 Å². The molecule has 0 bridgehead atoms. The summed E-state index contributed by atoms with van der Waals surface area (Å²) in [5.74, 6) is 0.218. The Hall–Kier alpha value is -1.86. The largest absolute Gasteiger partial charge is 0.497 e. The maximum atomic E-state index is 11.3. The second-order valence-corrected chi connectivity index (χ2v) is 5.47. The SMILES string of the molecule is C=C(OC)c1cc(B(O)O)c(C(C)(C)C)c([N+](=O)[O-])c1. The second-order valence-electron chi connectivity index (χ2n) is 5.47. The van der Waals surface area contributed by atoms with Gasteiger partial charge in [0.1, 0.15) is 5.76 Å². The third-order valence-corrected chi connectivity index (χ3v) is 2.94. The zero-order valence-electron chi connectivity index (χ0n) is 12.0. The molecule has 6 nitrogen and oxygen atoms in total. The topological polar surface area (TPSA) is 92.8 Å². The first-order valence-electron chi connectivity index (χ1n) is 6.01. The summed E-state index contributed by atoms with van der Waals surface area (Å²) in [6.45, 7) is 8.94. The van der Waals surface area contributed by atoms with E-state index in [0.717, 1.165) is 0 Å². The summed E-state index contributed by atoms with van der Waals surface area (Å²) in [5.41, 5.74) is -0.0920. The first-order chi connectivity index (χ1) is 9.09. The third kappa shape index (κ3) is 3.18. The normalized spacial score (nSPS) is 11.1. The molecule has 1 aromatic carbocycles. The smallest absolute Gasteiger partial charge is 0.489 e. The average Bonchev–Trinajstić information content (AvgIpc) is 2.34. The number of nitro benzene ring substituents is 1. The van der Waals surface area contributed by atoms with Crippen molar-refractivity contribution in [2.75, 3.05) is 7.11 Å². The van der Waals surface area contributed by atoms with Crippen molar-refractivity contribution in [3.8, 4) is 0 Å². The van der Waals surface area contributed by atoms with Crippen LogP contribution in [0.4, 0.5) is 5.69 Å². The molecule has 0 aromatic heterocycles. The minimum Gasteiger partial charge on any atom is -0.497 e. The van der Waals surface area contributed by atoms with Crippen molar-refractivity contribution in [2.24, 2.45) is 0 Å². The molecule has 0 unspecified atom stereocenters. The summed E-state index contributed by atoms with van der Waals surface area (Å²) in [5, 5.41) is 30.3. The van der Waals surface area contributed by atoms with Crippen LogP contribution in [0.1, 0.15) is 31.9 Å². The van der Waals surface area contributed by atoms with Gasteiger partial charge in [-0.1, -0.05) is 33.4 Å². The lowest BCUT2D eigenvalue weighted by atomic mass is 9.69. The molecule has 0 saturated carbocycles. The van der Waals surface area contributed by atoms with Crippen LogP contribution in [-0.4, -0.2) is 29.2 Å². The van der Waals surface area contributed by atoms with Crippen molar-refractivity contribution in [2.45, 2.75) is 26.2 Å². The molecule has 1 aromatic rings. The Morgan fingerprint density at radius 2 is 1.95 bits per heavy atom. The van der Waals surface area contributed by atoms with Gasteiger partial charge in [-0.2, -0.15) is 0 Å². The van der Waals surface area contributed by atoms with Crippen LogP contribution in [0.15, 0.2) is 18.7 Å². The van der Waals surface area contributed by atoms with Gasteiger partial charge >= 0.3 is 7.12 Å². The molecule has 0 fully saturated rings. The molecule has 20 heavy (non-hydrogen) atoms. The number of hydrogen-bond donors (Lipinski definition) is 2. The van der Waals surface area contributed by atoms with Gasteiger partial charge in [-0.05, 0) is 10.9 Å². The molecular formula is C13H18BNO5. The van der Waals surface area contributed by atoms with E-state index in [1.54, 1.807) is 20.8 Å². The molecular weight excluding hydrogens is 261 g/mol. The summed E-state index contributed by atoms with van der Waals surface area (Å²) in [6, 6.07) is 2.78. The monoisotopic (exact) mass is 279 g/mol. The molecule has 108 valence electrons. The highest BCUT2D eigenvalue weighted by atomic mass is 16.6. The minimum atomic E-state index is -1.81. The van der Waals surface area contributed by atoms with E-state index in [2.05, 4.69) is 6.58 Å². The van der Waals surface area contributed by atoms with E-state index in [4.69, 9.17) is 4.74 Å². The van der Waals surface area contributed by atoms with Crippen molar-refractivity contribution in [3.05, 3.63) is 40.0 Å². The van der Waals surface area contributed by atoms with Gasteiger partial charge in [0.15, 0.2) is 0 Å². The molecule has 2 N–H and O–H groups in total. The molecule has 0 radical (unpaired) electrons. The zero-order valence-corrected chi connectivity index (χ0v) is 12.0. The Bertz CT molecular complexity index is 548. The van der Waals surface area contributed by atoms with E-state index in [0.29, 0.717) is 5.56 Å². The van der Waals surface area contributed by atoms with E-state index in [9.17, 15) is 20.2 Å². The first kappa shape index (κ1) is 16.2. The van der Waals surface area contributed by atoms with Gasteiger partial charge in [0.05, 0.1) is 12.0 Å². The van der Waals surface area contributed by atoms with Crippen LogP contribution in [-0.2, 0) is 10.2 Å². The summed E-state index contributed by atoms with van der Waals surface area (Å²) < 4.78 is 4.95. The lowest BCUT2D eigenvalue weighted by Gasteiger charge is -2.23. The summed E-state index contributed by atoms with van der Waals surface area (Å²) in [6.07, 6.45) is 0. The van der Waals surface area contributed by atoms with Crippen LogP contribution in [0, 0.1) is 10.1 Å². The molecule has 0 aliphatic rings. The Morgan fingerprint density at radius 1 is 1.40 bits per heavy atom. The Kier molecular flexibility index (Phi) is 4.57. The Balaban J connectivity index is 3.73. The standard InChI is InChI=1S/C13H18BNO5/c1-8(20-5)9-6-10(14(16)17)12(13(2,3)4)11(7-9)15(18)19/h6-7,16-17H,1H2,2-5H3. The van der Waals surface area contributed by atoms with E-state index < -0.39 is 17.5 Å². The van der Waals surface area contributed by atoms with Gasteiger partial charge in [0.25, 0.3) is 5.69 Å². The number of methoxy groups -OCH3 is 1. The first-order valence-corrected chi connectivity index (χ1v) is 6.01. The van der Waals surface area contributed by atoms with Gasteiger partial charge in [0.2, 0.25) is 0 Å². The number of benzene rings is 1. The number of ether oxygens (including phenoxy) is 1. The average molecular weight is 279 g/mol. The van der Waals surface area contributed by atoms with Gasteiger partial charge in [0, 0.05) is 17.2 Å². The van der Waals surface area contributed by atoms with Crippen LogP contribution in [0.3, 0.4) is 0 Å². The fraction of sp³-hybridized carbons (Fsp3) is 0.385. The highest BCUT2D eigenvalue weighted by molar-refractivity contribution is 6.59. The number of nitrogens with zero attached hydrogens (tertiary/aromatic N) is 1. The Labute approximate surface area is 118 Å². The van der Waals surface area contributed by atoms with Crippen molar-refractivity contribution in [1.29, 1.82) is 0 Å². The molecule has 0 aliphatic heterocycles. The molecule has 0 spiro atoms. The molecule has 0 amide bonds. The van der Waals surface area contributed by atoms with E-state index in [-0.39, 0.29) is 22.5 Å². The second kappa shape index (κ2) is 5.64. The van der Waals surface area contributed by atoms with Crippen molar-refractivity contribution < 1.29 is 19.7 Å². The van der Waals surface area contributed by atoms with Crippen LogP contribution in [0.5, 0.6) is 0 Å². The number of hydrogen-bond acceptors (Lipinski definition) is 5. The van der Waals surface area contributed by atoms with Crippen LogP contribution >= 0.6 is 0 Å². The highest BCUT2D eigenvalue weighted by Gasteiger charge is 2.33. The van der Waals surface area contributed by atoms with Gasteiger partial charge in [-0.3, -0.25) is 10.1 Å².